The number of rotatable bonds is 5. The highest BCUT2D eigenvalue weighted by atomic mass is 79.9. The molecule has 1 rings (SSSR count). The Hall–Kier alpha value is -0.390. The van der Waals surface area contributed by atoms with E-state index in [0.717, 1.165) is 22.3 Å². The number of carbonyl (C=O) groups excluding carboxylic acids is 1. The molecule has 3 nitrogen and oxygen atoms in total. The van der Waals surface area contributed by atoms with Gasteiger partial charge in [0.05, 0.1) is 9.35 Å². The van der Waals surface area contributed by atoms with Gasteiger partial charge in [0.1, 0.15) is 0 Å². The first kappa shape index (κ1) is 13.7. The predicted molar refractivity (Wildman–Crippen MR) is 72.1 cm³/mol. The predicted octanol–water partition coefficient (Wildman–Crippen LogP) is 2.58. The standard InChI is InChI=1S/C11H17BrN2OS/c1-8(4-5-14(2)3)13-11(15)9-6-10(12)16-7-9/h6-8H,4-5H2,1-3H3,(H,13,15). The number of thiophene rings is 1. The molecule has 1 unspecified atom stereocenters. The summed E-state index contributed by atoms with van der Waals surface area (Å²) in [6, 6.07) is 2.05. The number of amides is 1. The molecule has 1 N–H and O–H groups in total. The molecule has 0 radical (unpaired) electrons. The molecule has 16 heavy (non-hydrogen) atoms. The molecule has 0 aliphatic rings. The van der Waals surface area contributed by atoms with E-state index in [1.807, 2.05) is 32.5 Å². The van der Waals surface area contributed by atoms with Crippen LogP contribution in [0.4, 0.5) is 0 Å². The van der Waals surface area contributed by atoms with Crippen LogP contribution < -0.4 is 5.32 Å². The summed E-state index contributed by atoms with van der Waals surface area (Å²) in [6.07, 6.45) is 0.962. The largest absolute Gasteiger partial charge is 0.350 e. The SMILES string of the molecule is CC(CCN(C)C)NC(=O)c1csc(Br)c1. The minimum atomic E-state index is 0.00760. The third-order valence-electron chi connectivity index (χ3n) is 2.22. The number of halogens is 1. The third-order valence-corrected chi connectivity index (χ3v) is 3.72. The van der Waals surface area contributed by atoms with Gasteiger partial charge in [-0.1, -0.05) is 0 Å². The van der Waals surface area contributed by atoms with Crippen molar-refractivity contribution >= 4 is 33.2 Å². The summed E-state index contributed by atoms with van der Waals surface area (Å²) in [4.78, 5) is 13.9. The van der Waals surface area contributed by atoms with Gasteiger partial charge < -0.3 is 10.2 Å². The lowest BCUT2D eigenvalue weighted by atomic mass is 10.2. The fraction of sp³-hybridized carbons (Fsp3) is 0.545. The highest BCUT2D eigenvalue weighted by molar-refractivity contribution is 9.11. The van der Waals surface area contributed by atoms with E-state index in [9.17, 15) is 4.79 Å². The minimum absolute atomic E-state index is 0.00760. The van der Waals surface area contributed by atoms with E-state index in [1.54, 1.807) is 0 Å². The van der Waals surface area contributed by atoms with Gasteiger partial charge in [-0.15, -0.1) is 11.3 Å². The molecule has 0 aromatic carbocycles. The molecule has 1 heterocycles. The molecule has 0 bridgehead atoms. The molecule has 1 atom stereocenters. The van der Waals surface area contributed by atoms with E-state index in [4.69, 9.17) is 0 Å². The van der Waals surface area contributed by atoms with Gasteiger partial charge in [-0.05, 0) is 56.0 Å². The van der Waals surface area contributed by atoms with Gasteiger partial charge in [0, 0.05) is 11.4 Å². The fourth-order valence-electron chi connectivity index (χ4n) is 1.26. The summed E-state index contributed by atoms with van der Waals surface area (Å²) in [5.41, 5.74) is 0.730. The number of hydrogen-bond donors (Lipinski definition) is 1. The van der Waals surface area contributed by atoms with Crippen molar-refractivity contribution in [3.8, 4) is 0 Å². The summed E-state index contributed by atoms with van der Waals surface area (Å²) < 4.78 is 0.985. The van der Waals surface area contributed by atoms with Crippen LogP contribution in [0.3, 0.4) is 0 Å². The number of carbonyl (C=O) groups is 1. The van der Waals surface area contributed by atoms with Gasteiger partial charge in [-0.3, -0.25) is 4.79 Å². The maximum Gasteiger partial charge on any atom is 0.252 e. The average Bonchev–Trinajstić information content (AvgIpc) is 2.62. The average molecular weight is 305 g/mol. The van der Waals surface area contributed by atoms with Gasteiger partial charge in [-0.2, -0.15) is 0 Å². The van der Waals surface area contributed by atoms with Gasteiger partial charge in [0.25, 0.3) is 5.91 Å². The second-order valence-electron chi connectivity index (χ2n) is 4.11. The number of hydrogen-bond acceptors (Lipinski definition) is 3. The van der Waals surface area contributed by atoms with Crippen LogP contribution in [0.25, 0.3) is 0 Å². The zero-order valence-corrected chi connectivity index (χ0v) is 12.2. The molecule has 0 aliphatic carbocycles. The van der Waals surface area contributed by atoms with Crippen molar-refractivity contribution < 1.29 is 4.79 Å². The van der Waals surface area contributed by atoms with Gasteiger partial charge >= 0.3 is 0 Å². The Morgan fingerprint density at radius 3 is 2.81 bits per heavy atom. The van der Waals surface area contributed by atoms with Crippen molar-refractivity contribution in [2.45, 2.75) is 19.4 Å². The lowest BCUT2D eigenvalue weighted by Gasteiger charge is -2.16. The zero-order valence-electron chi connectivity index (χ0n) is 9.79. The Bertz CT molecular complexity index is 352. The first-order chi connectivity index (χ1) is 7.49. The van der Waals surface area contributed by atoms with Crippen molar-refractivity contribution in [2.24, 2.45) is 0 Å². The molecule has 0 fully saturated rings. The smallest absolute Gasteiger partial charge is 0.252 e. The molecule has 1 aromatic heterocycles. The number of nitrogens with one attached hydrogen (secondary N) is 1. The maximum absolute atomic E-state index is 11.8. The van der Waals surface area contributed by atoms with E-state index in [1.165, 1.54) is 11.3 Å². The van der Waals surface area contributed by atoms with Crippen LogP contribution in [0.5, 0.6) is 0 Å². The quantitative estimate of drug-likeness (QED) is 0.907. The van der Waals surface area contributed by atoms with Crippen molar-refractivity contribution in [1.29, 1.82) is 0 Å². The second-order valence-corrected chi connectivity index (χ2v) is 6.40. The van der Waals surface area contributed by atoms with Crippen molar-refractivity contribution in [2.75, 3.05) is 20.6 Å². The molecule has 0 aliphatic heterocycles. The van der Waals surface area contributed by atoms with Crippen LogP contribution in [-0.2, 0) is 0 Å². The first-order valence-corrected chi connectivity index (χ1v) is 6.86. The third kappa shape index (κ3) is 4.63. The molecule has 0 saturated heterocycles. The number of nitrogens with zero attached hydrogens (tertiary/aromatic N) is 1. The van der Waals surface area contributed by atoms with Crippen LogP contribution in [0, 0.1) is 0 Å². The molecular formula is C11H17BrN2OS. The highest BCUT2D eigenvalue weighted by Crippen LogP contribution is 2.20. The Morgan fingerprint density at radius 1 is 1.62 bits per heavy atom. The first-order valence-electron chi connectivity index (χ1n) is 5.18. The zero-order chi connectivity index (χ0) is 12.1. The van der Waals surface area contributed by atoms with Gasteiger partial charge in [0.2, 0.25) is 0 Å². The molecule has 0 spiro atoms. The monoisotopic (exact) mass is 304 g/mol. The summed E-state index contributed by atoms with van der Waals surface area (Å²) >= 11 is 4.87. The Labute approximate surface area is 109 Å². The van der Waals surface area contributed by atoms with Crippen LogP contribution in [0.15, 0.2) is 15.2 Å². The van der Waals surface area contributed by atoms with Gasteiger partial charge in [-0.25, -0.2) is 0 Å². The molecular weight excluding hydrogens is 288 g/mol. The van der Waals surface area contributed by atoms with Crippen LogP contribution in [-0.4, -0.2) is 37.5 Å². The van der Waals surface area contributed by atoms with E-state index >= 15 is 0 Å². The van der Waals surface area contributed by atoms with E-state index < -0.39 is 0 Å². The molecule has 90 valence electrons. The molecule has 0 saturated carbocycles. The molecule has 5 heteroatoms. The Morgan fingerprint density at radius 2 is 2.31 bits per heavy atom. The topological polar surface area (TPSA) is 32.3 Å². The van der Waals surface area contributed by atoms with Gasteiger partial charge in [0.15, 0.2) is 0 Å². The van der Waals surface area contributed by atoms with Crippen molar-refractivity contribution in [1.82, 2.24) is 10.2 Å². The van der Waals surface area contributed by atoms with Crippen molar-refractivity contribution in [3.05, 3.63) is 20.8 Å². The van der Waals surface area contributed by atoms with Crippen LogP contribution in [0.2, 0.25) is 0 Å². The van der Waals surface area contributed by atoms with E-state index in [0.29, 0.717) is 0 Å². The second kappa shape index (κ2) is 6.37. The summed E-state index contributed by atoms with van der Waals surface area (Å²) in [7, 11) is 4.06. The highest BCUT2D eigenvalue weighted by Gasteiger charge is 2.11. The normalized spacial score (nSPS) is 12.8. The molecule has 1 amide bonds. The van der Waals surface area contributed by atoms with E-state index in [2.05, 4.69) is 26.1 Å². The van der Waals surface area contributed by atoms with Crippen LogP contribution >= 0.6 is 27.3 Å². The Kier molecular flexibility index (Phi) is 5.44. The Balaban J connectivity index is 2.39. The maximum atomic E-state index is 11.8. The summed E-state index contributed by atoms with van der Waals surface area (Å²) in [5, 5.41) is 4.84. The fourth-order valence-corrected chi connectivity index (χ4v) is 2.40. The molecule has 1 aromatic rings. The minimum Gasteiger partial charge on any atom is -0.350 e. The van der Waals surface area contributed by atoms with E-state index in [-0.39, 0.29) is 11.9 Å². The van der Waals surface area contributed by atoms with Crippen LogP contribution in [0.1, 0.15) is 23.7 Å². The summed E-state index contributed by atoms with van der Waals surface area (Å²) in [6.45, 7) is 3.01. The lowest BCUT2D eigenvalue weighted by molar-refractivity contribution is 0.0937. The summed E-state index contributed by atoms with van der Waals surface area (Å²) in [5.74, 6) is 0.00760. The lowest BCUT2D eigenvalue weighted by Crippen LogP contribution is -2.34. The van der Waals surface area contributed by atoms with Crippen molar-refractivity contribution in [3.63, 3.8) is 0 Å².